The number of benzene rings is 1. The van der Waals surface area contributed by atoms with Crippen LogP contribution in [0.1, 0.15) is 90.2 Å². The lowest BCUT2D eigenvalue weighted by Crippen LogP contribution is -2.36. The van der Waals surface area contributed by atoms with Gasteiger partial charge in [-0.25, -0.2) is 0 Å². The summed E-state index contributed by atoms with van der Waals surface area (Å²) in [6.45, 7) is 7.71. The first-order chi connectivity index (χ1) is 21.5. The van der Waals surface area contributed by atoms with Crippen LogP contribution in [0.25, 0.3) is 5.57 Å². The molecule has 252 valence electrons. The number of ether oxygens (including phenoxy) is 3. The van der Waals surface area contributed by atoms with Crippen LogP contribution in [0.3, 0.4) is 0 Å². The molecule has 0 aromatic heterocycles. The molecule has 1 aliphatic carbocycles. The zero-order valence-electron chi connectivity index (χ0n) is 27.4. The highest BCUT2D eigenvalue weighted by Gasteiger charge is 2.34. The standard InChI is InChI=1S/C35H54N2O8/c1-22(2)14-25-6-5-7-26(21-39)16-29(15-25)33(45-24(4)41)19-30(44-23(3)40)9-8-27-17-34(43-13-12-38)32(42)20-31(27)28-10-11-37-35(36)18-28/h10,17-18,20,22,25-26,29-30,33,37-39,42H,5-9,11-16,19,21,36H2,1-4H3/t25-,26-,29+,30+,33+/m0/s1. The summed E-state index contributed by atoms with van der Waals surface area (Å²) in [5, 5.41) is 33.2. The third kappa shape index (κ3) is 11.9. The molecule has 1 fully saturated rings. The molecule has 1 aromatic carbocycles. The molecule has 6 N–H and O–H groups in total. The van der Waals surface area contributed by atoms with E-state index in [0.29, 0.717) is 43.5 Å². The lowest BCUT2D eigenvalue weighted by atomic mass is 9.74. The van der Waals surface area contributed by atoms with Crippen molar-refractivity contribution in [3.63, 3.8) is 0 Å². The van der Waals surface area contributed by atoms with Gasteiger partial charge in [-0.05, 0) is 97.1 Å². The summed E-state index contributed by atoms with van der Waals surface area (Å²) in [5.74, 6) is 1.12. The van der Waals surface area contributed by atoms with Gasteiger partial charge in [0, 0.05) is 33.4 Å². The maximum Gasteiger partial charge on any atom is 0.302 e. The minimum atomic E-state index is -0.542. The van der Waals surface area contributed by atoms with Crippen molar-refractivity contribution >= 4 is 17.5 Å². The Morgan fingerprint density at radius 2 is 1.78 bits per heavy atom. The van der Waals surface area contributed by atoms with Crippen molar-refractivity contribution in [2.75, 3.05) is 26.4 Å². The number of phenolic OH excluding ortho intramolecular Hbond substituents is 1. The maximum atomic E-state index is 12.4. The highest BCUT2D eigenvalue weighted by Crippen LogP contribution is 2.38. The number of aliphatic hydroxyl groups is 2. The topological polar surface area (TPSA) is 161 Å². The molecule has 5 atom stereocenters. The number of hydrogen-bond donors (Lipinski definition) is 5. The monoisotopic (exact) mass is 630 g/mol. The zero-order valence-corrected chi connectivity index (χ0v) is 27.4. The number of carbonyl (C=O) groups is 2. The summed E-state index contributed by atoms with van der Waals surface area (Å²) in [7, 11) is 0. The predicted octanol–water partition coefficient (Wildman–Crippen LogP) is 4.59. The Bertz CT molecular complexity index is 1180. The average molecular weight is 631 g/mol. The van der Waals surface area contributed by atoms with Crippen molar-refractivity contribution in [3.05, 3.63) is 41.2 Å². The van der Waals surface area contributed by atoms with Gasteiger partial charge >= 0.3 is 11.9 Å². The highest BCUT2D eigenvalue weighted by atomic mass is 16.6. The molecule has 1 heterocycles. The van der Waals surface area contributed by atoms with Crippen molar-refractivity contribution in [2.24, 2.45) is 29.4 Å². The van der Waals surface area contributed by atoms with Gasteiger partial charge in [0.05, 0.1) is 12.4 Å². The summed E-state index contributed by atoms with van der Waals surface area (Å²) in [5.41, 5.74) is 8.51. The van der Waals surface area contributed by atoms with E-state index in [1.807, 2.05) is 6.08 Å². The molecule has 10 nitrogen and oxygen atoms in total. The molecule has 1 saturated carbocycles. The van der Waals surface area contributed by atoms with Crippen LogP contribution in [0, 0.1) is 23.7 Å². The molecule has 45 heavy (non-hydrogen) atoms. The third-order valence-electron chi connectivity index (χ3n) is 8.75. The smallest absolute Gasteiger partial charge is 0.302 e. The second-order valence-corrected chi connectivity index (χ2v) is 13.0. The van der Waals surface area contributed by atoms with Gasteiger partial charge in [0.15, 0.2) is 11.5 Å². The van der Waals surface area contributed by atoms with E-state index in [2.05, 4.69) is 19.2 Å². The number of hydrogen-bond acceptors (Lipinski definition) is 10. The van der Waals surface area contributed by atoms with E-state index in [1.54, 1.807) is 18.2 Å². The summed E-state index contributed by atoms with van der Waals surface area (Å²) in [6, 6.07) is 3.38. The Kier molecular flexibility index (Phi) is 14.5. The van der Waals surface area contributed by atoms with E-state index in [-0.39, 0.29) is 49.1 Å². The summed E-state index contributed by atoms with van der Waals surface area (Å²) >= 11 is 0. The number of rotatable bonds is 15. The number of nitrogens with two attached hydrogens (primary N) is 1. The molecule has 0 bridgehead atoms. The minimum Gasteiger partial charge on any atom is -0.504 e. The Morgan fingerprint density at radius 3 is 2.42 bits per heavy atom. The number of nitrogens with one attached hydrogen (secondary N) is 1. The number of carbonyl (C=O) groups excluding carboxylic acids is 2. The van der Waals surface area contributed by atoms with E-state index in [0.717, 1.165) is 55.2 Å². The lowest BCUT2D eigenvalue weighted by Gasteiger charge is -2.36. The van der Waals surface area contributed by atoms with Gasteiger partial charge in [0.1, 0.15) is 18.8 Å². The van der Waals surface area contributed by atoms with Gasteiger partial charge in [-0.1, -0.05) is 32.8 Å². The van der Waals surface area contributed by atoms with Crippen LogP contribution in [-0.2, 0) is 25.5 Å². The Morgan fingerprint density at radius 1 is 1.07 bits per heavy atom. The number of allylic oxidation sites excluding steroid dienone is 2. The average Bonchev–Trinajstić information content (AvgIpc) is 2.95. The van der Waals surface area contributed by atoms with Crippen molar-refractivity contribution in [1.29, 1.82) is 0 Å². The predicted molar refractivity (Wildman–Crippen MR) is 173 cm³/mol. The molecule has 0 saturated heterocycles. The summed E-state index contributed by atoms with van der Waals surface area (Å²) in [6.07, 6.45) is 9.85. The quantitative estimate of drug-likeness (QED) is 0.174. The molecule has 0 radical (unpaired) electrons. The normalized spacial score (nSPS) is 21.8. The lowest BCUT2D eigenvalue weighted by molar-refractivity contribution is -0.156. The molecule has 10 heteroatoms. The molecular formula is C35H54N2O8. The van der Waals surface area contributed by atoms with Crippen LogP contribution in [-0.4, -0.2) is 65.8 Å². The zero-order chi connectivity index (χ0) is 32.9. The van der Waals surface area contributed by atoms with Gasteiger partial charge < -0.3 is 40.6 Å². The fourth-order valence-electron chi connectivity index (χ4n) is 6.92. The van der Waals surface area contributed by atoms with E-state index in [9.17, 15) is 24.9 Å². The number of aliphatic hydroxyl groups excluding tert-OH is 2. The van der Waals surface area contributed by atoms with Crippen molar-refractivity contribution in [3.8, 4) is 11.5 Å². The highest BCUT2D eigenvalue weighted by molar-refractivity contribution is 5.79. The first-order valence-corrected chi connectivity index (χ1v) is 16.4. The summed E-state index contributed by atoms with van der Waals surface area (Å²) in [4.78, 5) is 24.7. The Labute approximate surface area is 268 Å². The second-order valence-electron chi connectivity index (χ2n) is 13.0. The molecule has 1 aliphatic heterocycles. The molecule has 1 aromatic rings. The molecule has 3 rings (SSSR count). The van der Waals surface area contributed by atoms with Crippen LogP contribution < -0.4 is 15.8 Å². The van der Waals surface area contributed by atoms with Crippen molar-refractivity contribution < 1.29 is 39.1 Å². The minimum absolute atomic E-state index is 0.0278. The van der Waals surface area contributed by atoms with Crippen molar-refractivity contribution in [1.82, 2.24) is 5.32 Å². The fourth-order valence-corrected chi connectivity index (χ4v) is 6.92. The SMILES string of the molecule is CC(=O)O[C@H](CCc1cc(OCCO)c(O)cc1C1=CCNC(N)=C1)C[C@@H](OC(C)=O)[C@H]1C[C@@H](CO)CCC[C@@H](CC(C)C)C1. The van der Waals surface area contributed by atoms with E-state index in [1.165, 1.54) is 13.8 Å². The number of phenols is 1. The third-order valence-corrected chi connectivity index (χ3v) is 8.75. The fraction of sp³-hybridized carbons (Fsp3) is 0.657. The second kappa shape index (κ2) is 18.0. The molecule has 0 amide bonds. The van der Waals surface area contributed by atoms with E-state index >= 15 is 0 Å². The van der Waals surface area contributed by atoms with Crippen LogP contribution >= 0.6 is 0 Å². The summed E-state index contributed by atoms with van der Waals surface area (Å²) < 4.78 is 17.4. The van der Waals surface area contributed by atoms with Gasteiger partial charge in [0.25, 0.3) is 0 Å². The largest absolute Gasteiger partial charge is 0.504 e. The number of dihydropyridines is 1. The molecule has 2 aliphatic rings. The molecule has 0 unspecified atom stereocenters. The van der Waals surface area contributed by atoms with E-state index in [4.69, 9.17) is 19.9 Å². The van der Waals surface area contributed by atoms with Crippen LogP contribution in [0.2, 0.25) is 0 Å². The van der Waals surface area contributed by atoms with Gasteiger partial charge in [-0.15, -0.1) is 0 Å². The first-order valence-electron chi connectivity index (χ1n) is 16.4. The van der Waals surface area contributed by atoms with E-state index < -0.39 is 18.2 Å². The van der Waals surface area contributed by atoms with Crippen LogP contribution in [0.15, 0.2) is 30.1 Å². The Balaban J connectivity index is 1.91. The van der Waals surface area contributed by atoms with Crippen LogP contribution in [0.4, 0.5) is 0 Å². The number of esters is 2. The van der Waals surface area contributed by atoms with Gasteiger partial charge in [-0.2, -0.15) is 0 Å². The van der Waals surface area contributed by atoms with Crippen molar-refractivity contribution in [2.45, 2.75) is 97.7 Å². The number of aryl methyl sites for hydroxylation is 1. The first kappa shape index (κ1) is 36.2. The van der Waals surface area contributed by atoms with Gasteiger partial charge in [0.2, 0.25) is 0 Å². The maximum absolute atomic E-state index is 12.4. The van der Waals surface area contributed by atoms with Crippen LogP contribution in [0.5, 0.6) is 11.5 Å². The molecule has 0 spiro atoms. The van der Waals surface area contributed by atoms with Gasteiger partial charge in [-0.3, -0.25) is 9.59 Å². The molecular weight excluding hydrogens is 576 g/mol. The number of aromatic hydroxyl groups is 1. The Hall–Kier alpha value is -3.24.